The van der Waals surface area contributed by atoms with Crippen molar-refractivity contribution in [3.63, 3.8) is 0 Å². The van der Waals surface area contributed by atoms with E-state index >= 15 is 0 Å². The highest BCUT2D eigenvalue weighted by Crippen LogP contribution is 2.12. The number of rotatable bonds is 6. The van der Waals surface area contributed by atoms with Crippen LogP contribution in [0.3, 0.4) is 0 Å². The van der Waals surface area contributed by atoms with Gasteiger partial charge in [-0.05, 0) is 28.4 Å². The first-order valence-corrected chi connectivity index (χ1v) is 6.97. The predicted molar refractivity (Wildman–Crippen MR) is 73.5 cm³/mol. The van der Waals surface area contributed by atoms with Gasteiger partial charge in [0.25, 0.3) is 5.91 Å². The van der Waals surface area contributed by atoms with Crippen molar-refractivity contribution in [3.8, 4) is 0 Å². The number of unbranched alkanes of at least 4 members (excludes halogenated alkanes) is 1. The molecule has 0 fully saturated rings. The molecule has 0 radical (unpaired) electrons. The second kappa shape index (κ2) is 7.67. The van der Waals surface area contributed by atoms with E-state index in [9.17, 15) is 4.79 Å². The highest BCUT2D eigenvalue weighted by molar-refractivity contribution is 9.10. The molecule has 0 aliphatic heterocycles. The van der Waals surface area contributed by atoms with Crippen LogP contribution in [0.15, 0.2) is 22.9 Å². The van der Waals surface area contributed by atoms with E-state index in [0.29, 0.717) is 18.0 Å². The van der Waals surface area contributed by atoms with Crippen LogP contribution in [0.25, 0.3) is 0 Å². The van der Waals surface area contributed by atoms with Crippen molar-refractivity contribution in [2.24, 2.45) is 0 Å². The fourth-order valence-electron chi connectivity index (χ4n) is 1.48. The normalized spacial score (nSPS) is 10.3. The van der Waals surface area contributed by atoms with E-state index in [2.05, 4.69) is 27.8 Å². The van der Waals surface area contributed by atoms with Gasteiger partial charge in [-0.3, -0.25) is 9.78 Å². The van der Waals surface area contributed by atoms with Crippen molar-refractivity contribution in [1.82, 2.24) is 9.88 Å². The maximum Gasteiger partial charge on any atom is 0.255 e. The maximum absolute atomic E-state index is 12.2. The topological polar surface area (TPSA) is 33.2 Å². The molecule has 1 aromatic rings. The van der Waals surface area contributed by atoms with E-state index in [1.807, 2.05) is 0 Å². The Hall–Kier alpha value is -0.610. The van der Waals surface area contributed by atoms with Crippen molar-refractivity contribution in [2.75, 3.05) is 19.0 Å². The molecule has 0 aromatic carbocycles. The zero-order chi connectivity index (χ0) is 12.7. The maximum atomic E-state index is 12.2. The quantitative estimate of drug-likeness (QED) is 0.754. The fraction of sp³-hybridized carbons (Fsp3) is 0.500. The first-order valence-electron chi connectivity index (χ1n) is 5.64. The molecular weight excluding hydrogens is 304 g/mol. The minimum Gasteiger partial charge on any atom is -0.337 e. The van der Waals surface area contributed by atoms with Gasteiger partial charge in [-0.2, -0.15) is 0 Å². The summed E-state index contributed by atoms with van der Waals surface area (Å²) in [6.07, 6.45) is 5.29. The average Bonchev–Trinajstić information content (AvgIpc) is 2.33. The second-order valence-electron chi connectivity index (χ2n) is 3.73. The lowest BCUT2D eigenvalue weighted by molar-refractivity contribution is 0.0763. The minimum absolute atomic E-state index is 0.00657. The Morgan fingerprint density at radius 3 is 2.82 bits per heavy atom. The summed E-state index contributed by atoms with van der Waals surface area (Å²) in [7, 11) is 0. The molecule has 3 nitrogen and oxygen atoms in total. The molecule has 94 valence electrons. The summed E-state index contributed by atoms with van der Waals surface area (Å²) in [5.74, 6) is 0.449. The van der Waals surface area contributed by atoms with Gasteiger partial charge in [-0.1, -0.05) is 13.3 Å². The van der Waals surface area contributed by atoms with E-state index in [-0.39, 0.29) is 5.91 Å². The summed E-state index contributed by atoms with van der Waals surface area (Å²) in [5.41, 5.74) is 0.598. The third kappa shape index (κ3) is 4.64. The number of pyridine rings is 1. The number of amides is 1. The lowest BCUT2D eigenvalue weighted by Gasteiger charge is -2.21. The Balaban J connectivity index is 2.76. The van der Waals surface area contributed by atoms with E-state index in [4.69, 9.17) is 11.6 Å². The lowest BCUT2D eigenvalue weighted by atomic mass is 10.2. The molecule has 5 heteroatoms. The third-order valence-corrected chi connectivity index (χ3v) is 2.98. The van der Waals surface area contributed by atoms with Gasteiger partial charge in [-0.15, -0.1) is 11.6 Å². The summed E-state index contributed by atoms with van der Waals surface area (Å²) in [5, 5.41) is 0. The molecule has 0 N–H and O–H groups in total. The molecule has 1 heterocycles. The fourth-order valence-corrected chi connectivity index (χ4v) is 2.05. The molecule has 0 spiro atoms. The van der Waals surface area contributed by atoms with Gasteiger partial charge < -0.3 is 4.90 Å². The van der Waals surface area contributed by atoms with Crippen molar-refractivity contribution in [3.05, 3.63) is 28.5 Å². The van der Waals surface area contributed by atoms with Gasteiger partial charge in [0, 0.05) is 35.8 Å². The van der Waals surface area contributed by atoms with Crippen LogP contribution in [0.4, 0.5) is 0 Å². The molecule has 0 saturated heterocycles. The van der Waals surface area contributed by atoms with Gasteiger partial charge in [0.2, 0.25) is 0 Å². The van der Waals surface area contributed by atoms with Crippen LogP contribution in [0.1, 0.15) is 30.1 Å². The molecule has 0 atom stereocenters. The Bertz CT molecular complexity index is 373. The van der Waals surface area contributed by atoms with Crippen LogP contribution in [-0.2, 0) is 0 Å². The number of alkyl halides is 1. The molecule has 0 bridgehead atoms. The van der Waals surface area contributed by atoms with Crippen molar-refractivity contribution in [2.45, 2.75) is 19.8 Å². The number of aromatic nitrogens is 1. The van der Waals surface area contributed by atoms with Crippen molar-refractivity contribution in [1.29, 1.82) is 0 Å². The number of nitrogens with zero attached hydrogens (tertiary/aromatic N) is 2. The molecule has 1 aromatic heterocycles. The van der Waals surface area contributed by atoms with E-state index in [1.165, 1.54) is 0 Å². The SMILES string of the molecule is CCCCN(CCCl)C(=O)c1cncc(Br)c1. The van der Waals surface area contributed by atoms with Crippen LogP contribution in [0, 0.1) is 0 Å². The van der Waals surface area contributed by atoms with Crippen LogP contribution in [-0.4, -0.2) is 34.8 Å². The van der Waals surface area contributed by atoms with Gasteiger partial charge in [0.15, 0.2) is 0 Å². The molecule has 17 heavy (non-hydrogen) atoms. The zero-order valence-corrected chi connectivity index (χ0v) is 12.2. The molecule has 0 saturated carbocycles. The van der Waals surface area contributed by atoms with Crippen LogP contribution in [0.2, 0.25) is 0 Å². The monoisotopic (exact) mass is 318 g/mol. The van der Waals surface area contributed by atoms with Gasteiger partial charge in [0.1, 0.15) is 0 Å². The van der Waals surface area contributed by atoms with Crippen LogP contribution >= 0.6 is 27.5 Å². The predicted octanol–water partition coefficient (Wildman–Crippen LogP) is 3.33. The molecule has 1 rings (SSSR count). The van der Waals surface area contributed by atoms with Crippen LogP contribution < -0.4 is 0 Å². The lowest BCUT2D eigenvalue weighted by Crippen LogP contribution is -2.33. The third-order valence-electron chi connectivity index (χ3n) is 2.38. The molecular formula is C12H16BrClN2O. The number of hydrogen-bond donors (Lipinski definition) is 0. The Morgan fingerprint density at radius 1 is 1.47 bits per heavy atom. The minimum atomic E-state index is -0.00657. The van der Waals surface area contributed by atoms with Gasteiger partial charge in [0.05, 0.1) is 5.56 Å². The summed E-state index contributed by atoms with van der Waals surface area (Å²) in [6, 6.07) is 1.78. The van der Waals surface area contributed by atoms with Gasteiger partial charge >= 0.3 is 0 Å². The smallest absolute Gasteiger partial charge is 0.255 e. The summed E-state index contributed by atoms with van der Waals surface area (Å²) < 4.78 is 0.810. The number of carbonyl (C=O) groups is 1. The largest absolute Gasteiger partial charge is 0.337 e. The highest BCUT2D eigenvalue weighted by atomic mass is 79.9. The summed E-state index contributed by atoms with van der Waals surface area (Å²) in [4.78, 5) is 18.0. The first kappa shape index (κ1) is 14.5. The van der Waals surface area contributed by atoms with Crippen molar-refractivity contribution >= 4 is 33.4 Å². The summed E-state index contributed by atoms with van der Waals surface area (Å²) >= 11 is 9.03. The second-order valence-corrected chi connectivity index (χ2v) is 5.02. The highest BCUT2D eigenvalue weighted by Gasteiger charge is 2.15. The van der Waals surface area contributed by atoms with Gasteiger partial charge in [-0.25, -0.2) is 0 Å². The zero-order valence-electron chi connectivity index (χ0n) is 9.83. The van der Waals surface area contributed by atoms with E-state index in [0.717, 1.165) is 23.9 Å². The molecule has 0 aliphatic carbocycles. The number of carbonyl (C=O) groups excluding carboxylic acids is 1. The Morgan fingerprint density at radius 2 is 2.24 bits per heavy atom. The molecule has 0 unspecified atom stereocenters. The standard InChI is InChI=1S/C12H16BrClN2O/c1-2-3-5-16(6-4-14)12(17)10-7-11(13)9-15-8-10/h7-9H,2-6H2,1H3. The number of hydrogen-bond acceptors (Lipinski definition) is 2. The van der Waals surface area contributed by atoms with Crippen molar-refractivity contribution < 1.29 is 4.79 Å². The first-order chi connectivity index (χ1) is 8.19. The Labute approximate surface area is 115 Å². The summed E-state index contributed by atoms with van der Waals surface area (Å²) in [6.45, 7) is 3.42. The average molecular weight is 320 g/mol. The van der Waals surface area contributed by atoms with Crippen LogP contribution in [0.5, 0.6) is 0 Å². The number of halogens is 2. The van der Waals surface area contributed by atoms with E-state index < -0.39 is 0 Å². The Kier molecular flexibility index (Phi) is 6.52. The van der Waals surface area contributed by atoms with E-state index in [1.54, 1.807) is 23.4 Å². The molecule has 0 aliphatic rings. The molecule has 1 amide bonds.